The molecule has 1 N–H and O–H groups in total. The number of sulfonamides is 1. The maximum absolute atomic E-state index is 12.5. The zero-order valence-electron chi connectivity index (χ0n) is 11.8. The molecule has 0 atom stereocenters. The molecular weight excluding hydrogens is 314 g/mol. The monoisotopic (exact) mass is 325 g/mol. The van der Waals surface area contributed by atoms with E-state index in [1.54, 1.807) is 48.5 Å². The molecule has 0 aliphatic rings. The Kier molecular flexibility index (Phi) is 3.83. The zero-order chi connectivity index (χ0) is 16.3. The topological polar surface area (TPSA) is 96.0 Å². The lowest BCUT2D eigenvalue weighted by Gasteiger charge is -2.07. The van der Waals surface area contributed by atoms with Crippen molar-refractivity contribution in [2.75, 3.05) is 4.72 Å². The summed E-state index contributed by atoms with van der Waals surface area (Å²) in [5.74, 6) is -0.191. The van der Waals surface area contributed by atoms with Crippen LogP contribution in [-0.2, 0) is 10.0 Å². The van der Waals surface area contributed by atoms with Gasteiger partial charge >= 0.3 is 0 Å². The lowest BCUT2D eigenvalue weighted by atomic mass is 10.1. The Balaban J connectivity index is 2.07. The first-order chi connectivity index (χ1) is 11.1. The second-order valence-corrected chi connectivity index (χ2v) is 6.31. The van der Waals surface area contributed by atoms with Gasteiger partial charge in [-0.25, -0.2) is 8.42 Å². The average molecular weight is 325 g/mol. The Bertz CT molecular complexity index is 959. The summed E-state index contributed by atoms with van der Waals surface area (Å²) in [4.78, 5) is 0.0871. The molecule has 1 aromatic heterocycles. The summed E-state index contributed by atoms with van der Waals surface area (Å²) >= 11 is 0. The van der Waals surface area contributed by atoms with Gasteiger partial charge in [-0.15, -0.1) is 0 Å². The van der Waals surface area contributed by atoms with E-state index in [0.29, 0.717) is 5.56 Å². The van der Waals surface area contributed by atoms with Crippen LogP contribution in [0.1, 0.15) is 5.76 Å². The molecule has 3 rings (SSSR count). The number of hydrogen-bond acceptors (Lipinski definition) is 5. The van der Waals surface area contributed by atoms with Crippen LogP contribution >= 0.6 is 0 Å². The van der Waals surface area contributed by atoms with Crippen LogP contribution in [0.3, 0.4) is 0 Å². The Morgan fingerprint density at radius 3 is 2.22 bits per heavy atom. The van der Waals surface area contributed by atoms with Crippen molar-refractivity contribution in [1.82, 2.24) is 5.16 Å². The van der Waals surface area contributed by atoms with Gasteiger partial charge in [0.05, 0.1) is 4.90 Å². The molecule has 0 saturated carbocycles. The molecule has 3 aromatic rings. The summed E-state index contributed by atoms with van der Waals surface area (Å²) in [7, 11) is -3.85. The summed E-state index contributed by atoms with van der Waals surface area (Å²) in [6, 6.07) is 18.6. The molecule has 7 heteroatoms. The van der Waals surface area contributed by atoms with Gasteiger partial charge in [-0.2, -0.15) is 5.26 Å². The van der Waals surface area contributed by atoms with Gasteiger partial charge in [0.1, 0.15) is 17.5 Å². The molecule has 1 heterocycles. The summed E-state index contributed by atoms with van der Waals surface area (Å²) in [6.45, 7) is 0. The molecule has 0 spiro atoms. The Labute approximate surface area is 133 Å². The van der Waals surface area contributed by atoms with E-state index < -0.39 is 10.0 Å². The third-order valence-electron chi connectivity index (χ3n) is 3.13. The molecule has 23 heavy (non-hydrogen) atoms. The normalized spacial score (nSPS) is 10.9. The second-order valence-electron chi connectivity index (χ2n) is 4.63. The predicted molar refractivity (Wildman–Crippen MR) is 83.9 cm³/mol. The van der Waals surface area contributed by atoms with E-state index in [0.717, 1.165) is 0 Å². The van der Waals surface area contributed by atoms with E-state index in [-0.39, 0.29) is 22.0 Å². The fourth-order valence-corrected chi connectivity index (χ4v) is 3.14. The molecule has 0 radical (unpaired) electrons. The minimum atomic E-state index is -3.85. The van der Waals surface area contributed by atoms with Crippen LogP contribution in [0.25, 0.3) is 11.3 Å². The van der Waals surface area contributed by atoms with Crippen LogP contribution in [0.5, 0.6) is 0 Å². The Morgan fingerprint density at radius 1 is 1.00 bits per heavy atom. The summed E-state index contributed by atoms with van der Waals surface area (Å²) in [5, 5.41) is 12.9. The summed E-state index contributed by atoms with van der Waals surface area (Å²) in [6.07, 6.45) is 0. The van der Waals surface area contributed by atoms with Crippen molar-refractivity contribution in [3.8, 4) is 17.3 Å². The number of nitriles is 1. The van der Waals surface area contributed by atoms with Crippen molar-refractivity contribution in [3.05, 3.63) is 66.4 Å². The molecule has 0 unspecified atom stereocenters. The van der Waals surface area contributed by atoms with Crippen molar-refractivity contribution in [3.63, 3.8) is 0 Å². The van der Waals surface area contributed by atoms with Crippen LogP contribution < -0.4 is 4.72 Å². The average Bonchev–Trinajstić information content (AvgIpc) is 2.98. The van der Waals surface area contributed by atoms with Gasteiger partial charge in [-0.05, 0) is 12.1 Å². The van der Waals surface area contributed by atoms with Crippen LogP contribution in [0, 0.1) is 11.3 Å². The third-order valence-corrected chi connectivity index (χ3v) is 4.50. The highest BCUT2D eigenvalue weighted by molar-refractivity contribution is 7.92. The lowest BCUT2D eigenvalue weighted by molar-refractivity contribution is 0.413. The zero-order valence-corrected chi connectivity index (χ0v) is 12.6. The molecule has 2 aromatic carbocycles. The van der Waals surface area contributed by atoms with Crippen LogP contribution in [-0.4, -0.2) is 13.6 Å². The smallest absolute Gasteiger partial charge is 0.262 e. The third kappa shape index (κ3) is 2.93. The molecule has 114 valence electrons. The molecule has 0 saturated heterocycles. The van der Waals surface area contributed by atoms with Gasteiger partial charge in [0.15, 0.2) is 0 Å². The second kappa shape index (κ2) is 5.94. The SMILES string of the molecule is N#Cc1onc(-c2ccccc2)c1NS(=O)(=O)c1ccccc1. The van der Waals surface area contributed by atoms with E-state index in [4.69, 9.17) is 9.78 Å². The van der Waals surface area contributed by atoms with Crippen LogP contribution in [0.15, 0.2) is 70.1 Å². The largest absolute Gasteiger partial charge is 0.343 e. The van der Waals surface area contributed by atoms with E-state index in [9.17, 15) is 8.42 Å². The molecule has 6 nitrogen and oxygen atoms in total. The maximum atomic E-state index is 12.5. The van der Waals surface area contributed by atoms with Gasteiger partial charge < -0.3 is 4.52 Å². The van der Waals surface area contributed by atoms with Crippen molar-refractivity contribution < 1.29 is 12.9 Å². The van der Waals surface area contributed by atoms with Crippen LogP contribution in [0.4, 0.5) is 5.69 Å². The van der Waals surface area contributed by atoms with Crippen molar-refractivity contribution in [2.45, 2.75) is 4.90 Å². The fraction of sp³-hybridized carbons (Fsp3) is 0. The number of anilines is 1. The Morgan fingerprint density at radius 2 is 1.61 bits per heavy atom. The molecule has 0 fully saturated rings. The first-order valence-electron chi connectivity index (χ1n) is 6.65. The number of nitrogens with zero attached hydrogens (tertiary/aromatic N) is 2. The van der Waals surface area contributed by atoms with E-state index in [1.165, 1.54) is 12.1 Å². The summed E-state index contributed by atoms with van der Waals surface area (Å²) < 4.78 is 32.3. The molecule has 0 bridgehead atoms. The molecule has 0 aliphatic carbocycles. The number of nitrogens with one attached hydrogen (secondary N) is 1. The number of benzene rings is 2. The van der Waals surface area contributed by atoms with Crippen molar-refractivity contribution in [1.29, 1.82) is 5.26 Å². The van der Waals surface area contributed by atoms with E-state index in [1.807, 2.05) is 6.07 Å². The fourth-order valence-electron chi connectivity index (χ4n) is 2.05. The lowest BCUT2D eigenvalue weighted by Crippen LogP contribution is -2.13. The summed E-state index contributed by atoms with van der Waals surface area (Å²) in [5.41, 5.74) is 0.938. The predicted octanol–water partition coefficient (Wildman–Crippen LogP) is 3.01. The quantitative estimate of drug-likeness (QED) is 0.795. The van der Waals surface area contributed by atoms with Crippen molar-refractivity contribution >= 4 is 15.7 Å². The molecule has 0 aliphatic heterocycles. The number of rotatable bonds is 4. The highest BCUT2D eigenvalue weighted by Crippen LogP contribution is 2.31. The van der Waals surface area contributed by atoms with E-state index >= 15 is 0 Å². The van der Waals surface area contributed by atoms with Gasteiger partial charge in [0.2, 0.25) is 0 Å². The van der Waals surface area contributed by atoms with Crippen LogP contribution in [0.2, 0.25) is 0 Å². The van der Waals surface area contributed by atoms with Gasteiger partial charge in [-0.3, -0.25) is 4.72 Å². The standard InChI is InChI=1S/C16H11N3O3S/c17-11-14-16(15(18-22-14)12-7-3-1-4-8-12)19-23(20,21)13-9-5-2-6-10-13/h1-10,19H. The highest BCUT2D eigenvalue weighted by atomic mass is 32.2. The minimum absolute atomic E-state index is 0.0301. The highest BCUT2D eigenvalue weighted by Gasteiger charge is 2.23. The molecular formula is C16H11N3O3S. The van der Waals surface area contributed by atoms with Crippen molar-refractivity contribution in [2.24, 2.45) is 0 Å². The number of aromatic nitrogens is 1. The Hall–Kier alpha value is -3.11. The first kappa shape index (κ1) is 14.8. The maximum Gasteiger partial charge on any atom is 0.262 e. The van der Waals surface area contributed by atoms with Gasteiger partial charge in [-0.1, -0.05) is 53.7 Å². The minimum Gasteiger partial charge on any atom is -0.343 e. The first-order valence-corrected chi connectivity index (χ1v) is 8.13. The van der Waals surface area contributed by atoms with Gasteiger partial charge in [0, 0.05) is 5.56 Å². The van der Waals surface area contributed by atoms with Gasteiger partial charge in [0.25, 0.3) is 15.8 Å². The van der Waals surface area contributed by atoms with E-state index in [2.05, 4.69) is 9.88 Å². The molecule has 0 amide bonds. The number of hydrogen-bond donors (Lipinski definition) is 1.